The molecule has 4 rings (SSSR count). The fourth-order valence-corrected chi connectivity index (χ4v) is 4.83. The van der Waals surface area contributed by atoms with Crippen LogP contribution < -0.4 is 5.32 Å². The van der Waals surface area contributed by atoms with Gasteiger partial charge in [-0.15, -0.1) is 0 Å². The predicted octanol–water partition coefficient (Wildman–Crippen LogP) is 3.77. The third-order valence-electron chi connectivity index (χ3n) is 6.09. The van der Waals surface area contributed by atoms with Crippen molar-refractivity contribution in [2.45, 2.75) is 83.7 Å². The van der Waals surface area contributed by atoms with Crippen LogP contribution in [0.1, 0.15) is 81.4 Å². The highest BCUT2D eigenvalue weighted by atomic mass is 15.1. The Bertz CT molecular complexity index is 505. The molecule has 3 aliphatic rings. The summed E-state index contributed by atoms with van der Waals surface area (Å²) in [5.41, 5.74) is 3.43. The lowest BCUT2D eigenvalue weighted by Gasteiger charge is -2.28. The van der Waals surface area contributed by atoms with Crippen LogP contribution in [0.2, 0.25) is 0 Å². The van der Waals surface area contributed by atoms with Gasteiger partial charge in [0, 0.05) is 37.7 Å². The van der Waals surface area contributed by atoms with E-state index in [2.05, 4.69) is 16.8 Å². The Morgan fingerprint density at radius 2 is 1.95 bits per heavy atom. The van der Waals surface area contributed by atoms with Gasteiger partial charge in [-0.2, -0.15) is 0 Å². The average molecular weight is 287 g/mol. The molecule has 0 unspecified atom stereocenters. The molecule has 21 heavy (non-hydrogen) atoms. The molecule has 1 N–H and O–H groups in total. The van der Waals surface area contributed by atoms with Crippen LogP contribution in [0.4, 0.5) is 0 Å². The van der Waals surface area contributed by atoms with Crippen LogP contribution in [0.15, 0.2) is 0 Å². The second-order valence-corrected chi connectivity index (χ2v) is 7.88. The maximum atomic E-state index is 5.11. The standard InChI is InChI=1S/C18H29N3/c1-18(9-4-5-10-18)13-21-16-8-11-19-12-15(16)20-17(21)14-6-2-3-7-14/h14,19H,2-13H2,1H3. The van der Waals surface area contributed by atoms with Crippen molar-refractivity contribution in [2.75, 3.05) is 6.54 Å². The van der Waals surface area contributed by atoms with Gasteiger partial charge in [-0.3, -0.25) is 0 Å². The minimum atomic E-state index is 0.521. The van der Waals surface area contributed by atoms with E-state index >= 15 is 0 Å². The van der Waals surface area contributed by atoms with Gasteiger partial charge in [0.2, 0.25) is 0 Å². The monoisotopic (exact) mass is 287 g/mol. The van der Waals surface area contributed by atoms with Crippen LogP contribution in [-0.4, -0.2) is 16.1 Å². The first-order valence-electron chi connectivity index (χ1n) is 9.04. The molecule has 0 radical (unpaired) electrons. The number of imidazole rings is 1. The van der Waals surface area contributed by atoms with Crippen molar-refractivity contribution < 1.29 is 0 Å². The molecule has 0 saturated heterocycles. The third kappa shape index (κ3) is 2.54. The normalized spacial score (nSPS) is 25.4. The predicted molar refractivity (Wildman–Crippen MR) is 85.4 cm³/mol. The summed E-state index contributed by atoms with van der Waals surface area (Å²) in [5.74, 6) is 2.18. The van der Waals surface area contributed by atoms with E-state index in [1.54, 1.807) is 5.69 Å². The van der Waals surface area contributed by atoms with E-state index in [0.717, 1.165) is 19.0 Å². The first kappa shape index (κ1) is 13.8. The van der Waals surface area contributed by atoms with E-state index in [9.17, 15) is 0 Å². The quantitative estimate of drug-likeness (QED) is 0.917. The van der Waals surface area contributed by atoms with Crippen LogP contribution in [0.3, 0.4) is 0 Å². The van der Waals surface area contributed by atoms with Crippen molar-refractivity contribution in [1.29, 1.82) is 0 Å². The molecule has 2 saturated carbocycles. The van der Waals surface area contributed by atoms with Crippen LogP contribution in [0.25, 0.3) is 0 Å². The summed E-state index contributed by atoms with van der Waals surface area (Å²) < 4.78 is 2.68. The second kappa shape index (κ2) is 5.42. The summed E-state index contributed by atoms with van der Waals surface area (Å²) in [6.45, 7) is 5.84. The first-order valence-corrected chi connectivity index (χ1v) is 9.04. The molecule has 1 aromatic rings. The van der Waals surface area contributed by atoms with E-state index in [4.69, 9.17) is 4.98 Å². The van der Waals surface area contributed by atoms with Crippen LogP contribution in [-0.2, 0) is 19.5 Å². The molecular formula is C18H29N3. The second-order valence-electron chi connectivity index (χ2n) is 7.88. The summed E-state index contributed by atoms with van der Waals surface area (Å²) in [5, 5.41) is 3.50. The Morgan fingerprint density at radius 3 is 2.71 bits per heavy atom. The van der Waals surface area contributed by atoms with Gasteiger partial charge >= 0.3 is 0 Å². The number of hydrogen-bond acceptors (Lipinski definition) is 2. The highest BCUT2D eigenvalue weighted by molar-refractivity contribution is 5.23. The molecular weight excluding hydrogens is 258 g/mol. The molecule has 0 bridgehead atoms. The molecule has 0 aromatic carbocycles. The lowest BCUT2D eigenvalue weighted by molar-refractivity contribution is 0.271. The minimum absolute atomic E-state index is 0.521. The number of rotatable bonds is 3. The zero-order valence-corrected chi connectivity index (χ0v) is 13.5. The van der Waals surface area contributed by atoms with Gasteiger partial charge in [0.25, 0.3) is 0 Å². The minimum Gasteiger partial charge on any atom is -0.331 e. The Hall–Kier alpha value is -0.830. The number of nitrogens with one attached hydrogen (secondary N) is 1. The van der Waals surface area contributed by atoms with Crippen LogP contribution >= 0.6 is 0 Å². The Morgan fingerprint density at radius 1 is 1.19 bits per heavy atom. The average Bonchev–Trinajstić information content (AvgIpc) is 3.20. The fraction of sp³-hybridized carbons (Fsp3) is 0.833. The Labute approximate surface area is 128 Å². The molecule has 2 aliphatic carbocycles. The van der Waals surface area contributed by atoms with E-state index < -0.39 is 0 Å². The van der Waals surface area contributed by atoms with Crippen molar-refractivity contribution in [3.8, 4) is 0 Å². The number of nitrogens with zero attached hydrogens (tertiary/aromatic N) is 2. The van der Waals surface area contributed by atoms with Crippen molar-refractivity contribution in [2.24, 2.45) is 5.41 Å². The van der Waals surface area contributed by atoms with E-state index in [1.165, 1.54) is 75.9 Å². The van der Waals surface area contributed by atoms with Crippen molar-refractivity contribution in [3.63, 3.8) is 0 Å². The largest absolute Gasteiger partial charge is 0.331 e. The molecule has 1 aromatic heterocycles. The van der Waals surface area contributed by atoms with Crippen LogP contribution in [0, 0.1) is 5.41 Å². The van der Waals surface area contributed by atoms with Gasteiger partial charge in [-0.05, 0) is 31.1 Å². The van der Waals surface area contributed by atoms with Gasteiger partial charge in [-0.1, -0.05) is 32.6 Å². The summed E-state index contributed by atoms with van der Waals surface area (Å²) >= 11 is 0. The summed E-state index contributed by atoms with van der Waals surface area (Å²) in [4.78, 5) is 5.11. The van der Waals surface area contributed by atoms with Gasteiger partial charge in [-0.25, -0.2) is 4.98 Å². The lowest BCUT2D eigenvalue weighted by atomic mass is 9.88. The molecule has 3 heteroatoms. The lowest BCUT2D eigenvalue weighted by Crippen LogP contribution is -2.28. The van der Waals surface area contributed by atoms with E-state index in [0.29, 0.717) is 5.41 Å². The third-order valence-corrected chi connectivity index (χ3v) is 6.09. The van der Waals surface area contributed by atoms with Crippen molar-refractivity contribution >= 4 is 0 Å². The number of fused-ring (bicyclic) bond motifs is 1. The highest BCUT2D eigenvalue weighted by Gasteiger charge is 2.33. The van der Waals surface area contributed by atoms with E-state index in [1.807, 2.05) is 0 Å². The molecule has 0 spiro atoms. The van der Waals surface area contributed by atoms with E-state index in [-0.39, 0.29) is 0 Å². The number of hydrogen-bond donors (Lipinski definition) is 1. The molecule has 116 valence electrons. The van der Waals surface area contributed by atoms with Gasteiger partial charge in [0.1, 0.15) is 5.82 Å². The summed E-state index contributed by atoms with van der Waals surface area (Å²) in [7, 11) is 0. The zero-order chi connectivity index (χ0) is 14.3. The summed E-state index contributed by atoms with van der Waals surface area (Å²) in [6.07, 6.45) is 12.4. The fourth-order valence-electron chi connectivity index (χ4n) is 4.83. The summed E-state index contributed by atoms with van der Waals surface area (Å²) in [6, 6.07) is 0. The SMILES string of the molecule is CC1(Cn2c(C3CCCC3)nc3c2CCNC3)CCCC1. The Balaban J connectivity index is 1.70. The van der Waals surface area contributed by atoms with Gasteiger partial charge < -0.3 is 9.88 Å². The molecule has 0 atom stereocenters. The van der Waals surface area contributed by atoms with Gasteiger partial charge in [0.05, 0.1) is 5.69 Å². The molecule has 2 fully saturated rings. The Kier molecular flexibility index (Phi) is 3.56. The maximum absolute atomic E-state index is 5.11. The molecule has 2 heterocycles. The maximum Gasteiger partial charge on any atom is 0.112 e. The number of aromatic nitrogens is 2. The highest BCUT2D eigenvalue weighted by Crippen LogP contribution is 2.42. The molecule has 0 amide bonds. The molecule has 1 aliphatic heterocycles. The van der Waals surface area contributed by atoms with Gasteiger partial charge in [0.15, 0.2) is 0 Å². The van der Waals surface area contributed by atoms with Crippen LogP contribution in [0.5, 0.6) is 0 Å². The zero-order valence-electron chi connectivity index (χ0n) is 13.5. The van der Waals surface area contributed by atoms with Crippen molar-refractivity contribution in [1.82, 2.24) is 14.9 Å². The smallest absolute Gasteiger partial charge is 0.112 e. The van der Waals surface area contributed by atoms with Crippen molar-refractivity contribution in [3.05, 3.63) is 17.2 Å². The topological polar surface area (TPSA) is 29.9 Å². The first-order chi connectivity index (χ1) is 10.3. The molecule has 3 nitrogen and oxygen atoms in total.